The van der Waals surface area contributed by atoms with E-state index in [2.05, 4.69) is 10.3 Å². The van der Waals surface area contributed by atoms with E-state index in [4.69, 9.17) is 9.47 Å². The second-order valence-corrected chi connectivity index (χ2v) is 6.66. The van der Waals surface area contributed by atoms with E-state index in [1.165, 1.54) is 18.9 Å². The van der Waals surface area contributed by atoms with Crippen molar-refractivity contribution >= 4 is 29.3 Å². The highest BCUT2D eigenvalue weighted by atomic mass is 32.2. The first-order valence-corrected chi connectivity index (χ1v) is 9.27. The zero-order chi connectivity index (χ0) is 19.8. The molecular weight excluding hydrogens is 376 g/mol. The molecule has 1 N–H and O–H groups in total. The molecule has 0 fully saturated rings. The summed E-state index contributed by atoms with van der Waals surface area (Å²) >= 11 is 1.36. The zero-order valence-corrected chi connectivity index (χ0v) is 15.9. The van der Waals surface area contributed by atoms with Crippen LogP contribution in [0.25, 0.3) is 0 Å². The Hall–Kier alpha value is -3.32. The van der Waals surface area contributed by atoms with Crippen molar-refractivity contribution in [3.05, 3.63) is 78.5 Å². The fraction of sp³-hybridized carbons (Fsp3) is 0.0952. The van der Waals surface area contributed by atoms with Gasteiger partial charge in [0.1, 0.15) is 10.8 Å². The maximum Gasteiger partial charge on any atom is 0.341 e. The molecule has 1 aromatic heterocycles. The molecule has 3 aromatic rings. The molecular formula is C21H18N2O4S. The van der Waals surface area contributed by atoms with Gasteiger partial charge in [-0.1, -0.05) is 42.1 Å². The predicted octanol–water partition coefficient (Wildman–Crippen LogP) is 4.04. The molecule has 0 spiro atoms. The summed E-state index contributed by atoms with van der Waals surface area (Å²) in [5, 5.41) is 3.18. The maximum absolute atomic E-state index is 12.5. The summed E-state index contributed by atoms with van der Waals surface area (Å²) in [4.78, 5) is 29.8. The largest absolute Gasteiger partial charge is 0.495 e. The minimum atomic E-state index is -0.610. The van der Waals surface area contributed by atoms with Gasteiger partial charge >= 0.3 is 5.97 Å². The average Bonchev–Trinajstić information content (AvgIpc) is 2.73. The maximum atomic E-state index is 12.5. The molecule has 0 saturated heterocycles. The second-order valence-electron chi connectivity index (χ2n) is 5.60. The Morgan fingerprint density at radius 3 is 2.54 bits per heavy atom. The topological polar surface area (TPSA) is 77.5 Å². The molecule has 7 heteroatoms. The highest BCUT2D eigenvalue weighted by molar-refractivity contribution is 7.99. The Labute approximate surface area is 166 Å². The van der Waals surface area contributed by atoms with Crippen molar-refractivity contribution in [2.24, 2.45) is 0 Å². The molecule has 0 bridgehead atoms. The second kappa shape index (κ2) is 9.57. The number of rotatable bonds is 7. The lowest BCUT2D eigenvalue weighted by Crippen LogP contribution is -2.21. The molecule has 0 aliphatic rings. The first-order valence-electron chi connectivity index (χ1n) is 8.45. The third-order valence-electron chi connectivity index (χ3n) is 3.66. The van der Waals surface area contributed by atoms with E-state index in [1.807, 2.05) is 30.3 Å². The van der Waals surface area contributed by atoms with Gasteiger partial charge in [0.15, 0.2) is 6.61 Å². The highest BCUT2D eigenvalue weighted by Gasteiger charge is 2.17. The molecule has 3 rings (SSSR count). The average molecular weight is 394 g/mol. The lowest BCUT2D eigenvalue weighted by atomic mass is 10.3. The van der Waals surface area contributed by atoms with E-state index in [0.717, 1.165) is 4.90 Å². The van der Waals surface area contributed by atoms with Crippen LogP contribution in [0, 0.1) is 0 Å². The molecule has 1 amide bonds. The molecule has 0 aliphatic carbocycles. The van der Waals surface area contributed by atoms with E-state index >= 15 is 0 Å². The Morgan fingerprint density at radius 1 is 1.00 bits per heavy atom. The summed E-state index contributed by atoms with van der Waals surface area (Å²) in [6.07, 6.45) is 1.61. The molecule has 0 atom stereocenters. The molecule has 0 unspecified atom stereocenters. The van der Waals surface area contributed by atoms with Crippen LogP contribution in [0.4, 0.5) is 5.69 Å². The van der Waals surface area contributed by atoms with E-state index in [1.54, 1.807) is 42.6 Å². The number of amides is 1. The molecule has 0 saturated carbocycles. The number of benzene rings is 2. The van der Waals surface area contributed by atoms with Crippen LogP contribution < -0.4 is 10.1 Å². The number of methoxy groups -OCH3 is 1. The van der Waals surface area contributed by atoms with Gasteiger partial charge in [0.25, 0.3) is 5.91 Å². The van der Waals surface area contributed by atoms with Crippen molar-refractivity contribution in [3.8, 4) is 5.75 Å². The lowest BCUT2D eigenvalue weighted by molar-refractivity contribution is -0.119. The first kappa shape index (κ1) is 19.4. The molecule has 2 aromatic carbocycles. The van der Waals surface area contributed by atoms with Gasteiger partial charge in [0.2, 0.25) is 0 Å². The number of carbonyl (C=O) groups excluding carboxylic acids is 2. The van der Waals surface area contributed by atoms with Crippen LogP contribution in [0.15, 0.2) is 82.8 Å². The van der Waals surface area contributed by atoms with Gasteiger partial charge < -0.3 is 14.8 Å². The Kier molecular flexibility index (Phi) is 6.64. The van der Waals surface area contributed by atoms with Crippen molar-refractivity contribution in [3.63, 3.8) is 0 Å². The number of nitrogens with zero attached hydrogens (tertiary/aromatic N) is 1. The van der Waals surface area contributed by atoms with Gasteiger partial charge in [-0.2, -0.15) is 0 Å². The standard InChI is InChI=1S/C21H18N2O4S/c1-26-18-12-6-5-11-17(18)23-19(24)14-27-21(25)16-10-7-13-22-20(16)28-15-8-3-2-4-9-15/h2-13H,14H2,1H3,(H,23,24). The van der Waals surface area contributed by atoms with Gasteiger partial charge in [0.05, 0.1) is 18.4 Å². The Morgan fingerprint density at radius 2 is 1.75 bits per heavy atom. The lowest BCUT2D eigenvalue weighted by Gasteiger charge is -2.11. The molecule has 28 heavy (non-hydrogen) atoms. The molecule has 0 aliphatic heterocycles. The summed E-state index contributed by atoms with van der Waals surface area (Å²) in [6, 6.07) is 19.9. The van der Waals surface area contributed by atoms with Crippen LogP contribution in [0.3, 0.4) is 0 Å². The van der Waals surface area contributed by atoms with Crippen LogP contribution in [0.1, 0.15) is 10.4 Å². The first-order chi connectivity index (χ1) is 13.7. The Balaban J connectivity index is 1.63. The van der Waals surface area contributed by atoms with Crippen molar-refractivity contribution in [2.45, 2.75) is 9.92 Å². The minimum absolute atomic E-state index is 0.307. The van der Waals surface area contributed by atoms with Crippen LogP contribution in [0.2, 0.25) is 0 Å². The number of aromatic nitrogens is 1. The van der Waals surface area contributed by atoms with Gasteiger partial charge in [0, 0.05) is 11.1 Å². The van der Waals surface area contributed by atoms with E-state index in [9.17, 15) is 9.59 Å². The van der Waals surface area contributed by atoms with Gasteiger partial charge in [-0.05, 0) is 36.4 Å². The highest BCUT2D eigenvalue weighted by Crippen LogP contribution is 2.28. The van der Waals surface area contributed by atoms with Crippen LogP contribution in [-0.2, 0) is 9.53 Å². The number of carbonyl (C=O) groups is 2. The number of hydrogen-bond acceptors (Lipinski definition) is 6. The number of esters is 1. The summed E-state index contributed by atoms with van der Waals surface area (Å²) in [5.74, 6) is -0.545. The quantitative estimate of drug-likeness (QED) is 0.610. The van der Waals surface area contributed by atoms with Crippen molar-refractivity contribution in [1.82, 2.24) is 4.98 Å². The molecule has 142 valence electrons. The molecule has 1 heterocycles. The number of hydrogen-bond donors (Lipinski definition) is 1. The molecule has 6 nitrogen and oxygen atoms in total. The number of pyridine rings is 1. The Bertz CT molecular complexity index is 963. The minimum Gasteiger partial charge on any atom is -0.495 e. The number of ether oxygens (including phenoxy) is 2. The smallest absolute Gasteiger partial charge is 0.341 e. The number of anilines is 1. The fourth-order valence-electron chi connectivity index (χ4n) is 2.37. The molecule has 0 radical (unpaired) electrons. The third-order valence-corrected chi connectivity index (χ3v) is 4.69. The van der Waals surface area contributed by atoms with Crippen molar-refractivity contribution in [2.75, 3.05) is 19.0 Å². The van der Waals surface area contributed by atoms with Gasteiger partial charge in [-0.3, -0.25) is 4.79 Å². The van der Waals surface area contributed by atoms with Gasteiger partial charge in [-0.15, -0.1) is 0 Å². The number of nitrogens with one attached hydrogen (secondary N) is 1. The monoisotopic (exact) mass is 394 g/mol. The summed E-state index contributed by atoms with van der Waals surface area (Å²) in [6.45, 7) is -0.415. The third kappa shape index (κ3) is 5.11. The summed E-state index contributed by atoms with van der Waals surface area (Å²) in [7, 11) is 1.51. The van der Waals surface area contributed by atoms with Crippen LogP contribution in [0.5, 0.6) is 5.75 Å². The fourth-order valence-corrected chi connectivity index (χ4v) is 3.26. The predicted molar refractivity (Wildman–Crippen MR) is 107 cm³/mol. The van der Waals surface area contributed by atoms with Crippen LogP contribution in [-0.4, -0.2) is 30.6 Å². The van der Waals surface area contributed by atoms with Crippen LogP contribution >= 0.6 is 11.8 Å². The van der Waals surface area contributed by atoms with Crippen molar-refractivity contribution in [1.29, 1.82) is 0 Å². The SMILES string of the molecule is COc1ccccc1NC(=O)COC(=O)c1cccnc1Sc1ccccc1. The van der Waals surface area contributed by atoms with E-state index < -0.39 is 18.5 Å². The summed E-state index contributed by atoms with van der Waals surface area (Å²) < 4.78 is 10.3. The van der Waals surface area contributed by atoms with Gasteiger partial charge in [-0.25, -0.2) is 9.78 Å². The summed E-state index contributed by atoms with van der Waals surface area (Å²) in [5.41, 5.74) is 0.814. The van der Waals surface area contributed by atoms with Crippen molar-refractivity contribution < 1.29 is 19.1 Å². The number of para-hydroxylation sites is 2. The zero-order valence-electron chi connectivity index (χ0n) is 15.1. The normalized spacial score (nSPS) is 10.2. The van der Waals surface area contributed by atoms with E-state index in [0.29, 0.717) is 22.0 Å². The van der Waals surface area contributed by atoms with E-state index in [-0.39, 0.29) is 0 Å².